The average Bonchev–Trinajstić information content (AvgIpc) is 3.06. The molecule has 4 heterocycles. The van der Waals surface area contributed by atoms with Crippen LogP contribution in [0.15, 0.2) is 30.6 Å². The number of piperazine rings is 1. The first-order valence-corrected chi connectivity index (χ1v) is 8.52. The first-order valence-electron chi connectivity index (χ1n) is 8.52. The van der Waals surface area contributed by atoms with Crippen molar-refractivity contribution in [3.8, 4) is 0 Å². The van der Waals surface area contributed by atoms with Crippen molar-refractivity contribution in [2.75, 3.05) is 36.0 Å². The Morgan fingerprint density at radius 3 is 2.24 bits per heavy atom. The van der Waals surface area contributed by atoms with Gasteiger partial charge in [0.05, 0.1) is 0 Å². The van der Waals surface area contributed by atoms with Gasteiger partial charge >= 0.3 is 0 Å². The molecule has 8 heteroatoms. The van der Waals surface area contributed by atoms with Gasteiger partial charge in [0, 0.05) is 44.0 Å². The van der Waals surface area contributed by atoms with Crippen molar-refractivity contribution in [1.82, 2.24) is 29.8 Å². The van der Waals surface area contributed by atoms with Gasteiger partial charge in [-0.05, 0) is 18.2 Å². The molecule has 3 aromatic heterocycles. The predicted molar refractivity (Wildman–Crippen MR) is 95.9 cm³/mol. The minimum absolute atomic E-state index is 0.103. The number of hydrogen-bond donors (Lipinski definition) is 0. The summed E-state index contributed by atoms with van der Waals surface area (Å²) in [4.78, 5) is 13.2. The van der Waals surface area contributed by atoms with Gasteiger partial charge in [-0.25, -0.2) is 9.97 Å². The van der Waals surface area contributed by atoms with Gasteiger partial charge in [-0.15, -0.1) is 15.3 Å². The Kier molecular flexibility index (Phi) is 3.74. The van der Waals surface area contributed by atoms with Crippen LogP contribution in [0, 0.1) is 0 Å². The summed E-state index contributed by atoms with van der Waals surface area (Å²) in [6.07, 6.45) is 3.56. The maximum Gasteiger partial charge on any atom is 0.225 e. The lowest BCUT2D eigenvalue weighted by molar-refractivity contribution is 0.525. The van der Waals surface area contributed by atoms with E-state index in [0.29, 0.717) is 0 Å². The summed E-state index contributed by atoms with van der Waals surface area (Å²) in [5.41, 5.74) is 0.680. The number of anilines is 2. The second kappa shape index (κ2) is 5.94. The van der Waals surface area contributed by atoms with Crippen LogP contribution in [0.1, 0.15) is 26.6 Å². The Bertz CT molecular complexity index is 859. The van der Waals surface area contributed by atoms with Crippen LogP contribution >= 0.6 is 0 Å². The summed E-state index contributed by atoms with van der Waals surface area (Å²) in [6, 6.07) is 5.84. The summed E-state index contributed by atoms with van der Waals surface area (Å²) < 4.78 is 1.86. The van der Waals surface area contributed by atoms with Crippen molar-refractivity contribution in [2.45, 2.75) is 26.2 Å². The summed E-state index contributed by atoms with van der Waals surface area (Å²) in [5, 5.41) is 13.3. The van der Waals surface area contributed by atoms with Gasteiger partial charge in [-0.1, -0.05) is 20.8 Å². The number of fused-ring (bicyclic) bond motifs is 1. The monoisotopic (exact) mass is 338 g/mol. The molecule has 0 spiro atoms. The highest BCUT2D eigenvalue weighted by Crippen LogP contribution is 2.22. The SMILES string of the molecule is CC(C)(C)c1nnc2ccc(N3CCN(c4ncccn4)CC3)nn12. The molecule has 25 heavy (non-hydrogen) atoms. The molecule has 0 bridgehead atoms. The highest BCUT2D eigenvalue weighted by molar-refractivity contribution is 5.47. The average molecular weight is 338 g/mol. The molecule has 0 amide bonds. The third-order valence-corrected chi connectivity index (χ3v) is 4.36. The van der Waals surface area contributed by atoms with E-state index < -0.39 is 0 Å². The molecular formula is C17H22N8. The number of rotatable bonds is 2. The van der Waals surface area contributed by atoms with E-state index in [9.17, 15) is 0 Å². The molecule has 1 saturated heterocycles. The van der Waals surface area contributed by atoms with Gasteiger partial charge in [0.2, 0.25) is 5.95 Å². The van der Waals surface area contributed by atoms with Crippen LogP contribution in [0.2, 0.25) is 0 Å². The molecule has 0 saturated carbocycles. The number of nitrogens with zero attached hydrogens (tertiary/aromatic N) is 8. The quantitative estimate of drug-likeness (QED) is 0.701. The van der Waals surface area contributed by atoms with Gasteiger partial charge in [0.1, 0.15) is 5.82 Å². The van der Waals surface area contributed by atoms with E-state index in [0.717, 1.165) is 49.4 Å². The first-order chi connectivity index (χ1) is 12.0. The summed E-state index contributed by atoms with van der Waals surface area (Å²) in [5.74, 6) is 2.62. The lowest BCUT2D eigenvalue weighted by Gasteiger charge is -2.35. The lowest BCUT2D eigenvalue weighted by atomic mass is 9.96. The van der Waals surface area contributed by atoms with E-state index in [2.05, 4.69) is 50.7 Å². The van der Waals surface area contributed by atoms with Crippen molar-refractivity contribution in [3.63, 3.8) is 0 Å². The Balaban J connectivity index is 1.55. The molecular weight excluding hydrogens is 316 g/mol. The third-order valence-electron chi connectivity index (χ3n) is 4.36. The maximum absolute atomic E-state index is 4.79. The fraction of sp³-hybridized carbons (Fsp3) is 0.471. The fourth-order valence-electron chi connectivity index (χ4n) is 3.01. The van der Waals surface area contributed by atoms with E-state index in [1.807, 2.05) is 22.7 Å². The predicted octanol–water partition coefficient (Wildman–Crippen LogP) is 1.54. The van der Waals surface area contributed by atoms with Crippen molar-refractivity contribution < 1.29 is 0 Å². The molecule has 0 N–H and O–H groups in total. The van der Waals surface area contributed by atoms with E-state index >= 15 is 0 Å². The van der Waals surface area contributed by atoms with Gasteiger partial charge in [-0.3, -0.25) is 0 Å². The van der Waals surface area contributed by atoms with Gasteiger partial charge in [0.15, 0.2) is 11.5 Å². The van der Waals surface area contributed by atoms with Crippen molar-refractivity contribution >= 4 is 17.4 Å². The van der Waals surface area contributed by atoms with Gasteiger partial charge in [0.25, 0.3) is 0 Å². The van der Waals surface area contributed by atoms with E-state index in [1.54, 1.807) is 12.4 Å². The number of aromatic nitrogens is 6. The topological polar surface area (TPSA) is 75.3 Å². The molecule has 0 aliphatic carbocycles. The summed E-state index contributed by atoms with van der Waals surface area (Å²) in [6.45, 7) is 9.87. The zero-order valence-electron chi connectivity index (χ0n) is 14.8. The van der Waals surface area contributed by atoms with Crippen LogP contribution in [0.5, 0.6) is 0 Å². The Morgan fingerprint density at radius 2 is 1.56 bits per heavy atom. The van der Waals surface area contributed by atoms with Crippen LogP contribution in [0.25, 0.3) is 5.65 Å². The normalized spacial score (nSPS) is 15.8. The van der Waals surface area contributed by atoms with Gasteiger partial charge < -0.3 is 9.80 Å². The van der Waals surface area contributed by atoms with E-state index in [4.69, 9.17) is 5.10 Å². The van der Waals surface area contributed by atoms with E-state index in [-0.39, 0.29) is 5.41 Å². The first kappa shape index (κ1) is 15.7. The minimum atomic E-state index is -0.103. The van der Waals surface area contributed by atoms with Crippen LogP contribution in [0.4, 0.5) is 11.8 Å². The van der Waals surface area contributed by atoms with E-state index in [1.165, 1.54) is 0 Å². The lowest BCUT2D eigenvalue weighted by Crippen LogP contribution is -2.47. The van der Waals surface area contributed by atoms with Crippen molar-refractivity contribution in [3.05, 3.63) is 36.4 Å². The molecule has 0 atom stereocenters. The maximum atomic E-state index is 4.79. The Hall–Kier alpha value is -2.77. The van der Waals surface area contributed by atoms with Crippen LogP contribution < -0.4 is 9.80 Å². The molecule has 0 unspecified atom stereocenters. The van der Waals surface area contributed by atoms with Crippen LogP contribution in [-0.2, 0) is 5.41 Å². The smallest absolute Gasteiger partial charge is 0.225 e. The Labute approximate surface area is 146 Å². The zero-order chi connectivity index (χ0) is 17.4. The van der Waals surface area contributed by atoms with Crippen LogP contribution in [0.3, 0.4) is 0 Å². The molecule has 130 valence electrons. The Morgan fingerprint density at radius 1 is 0.880 bits per heavy atom. The molecule has 3 aromatic rings. The molecule has 1 aliphatic heterocycles. The summed E-state index contributed by atoms with van der Waals surface area (Å²) in [7, 11) is 0. The molecule has 4 rings (SSSR count). The summed E-state index contributed by atoms with van der Waals surface area (Å²) >= 11 is 0. The highest BCUT2D eigenvalue weighted by atomic mass is 15.4. The van der Waals surface area contributed by atoms with Gasteiger partial charge in [-0.2, -0.15) is 4.52 Å². The second-order valence-electron chi connectivity index (χ2n) is 7.26. The van der Waals surface area contributed by atoms with Crippen LogP contribution in [-0.4, -0.2) is 56.0 Å². The third kappa shape index (κ3) is 2.99. The minimum Gasteiger partial charge on any atom is -0.352 e. The zero-order valence-corrected chi connectivity index (χ0v) is 14.8. The molecule has 0 aromatic carbocycles. The second-order valence-corrected chi connectivity index (χ2v) is 7.26. The molecule has 1 aliphatic rings. The highest BCUT2D eigenvalue weighted by Gasteiger charge is 2.24. The number of hydrogen-bond acceptors (Lipinski definition) is 7. The molecule has 1 fully saturated rings. The van der Waals surface area contributed by atoms with Crippen molar-refractivity contribution in [1.29, 1.82) is 0 Å². The molecule has 0 radical (unpaired) electrons. The van der Waals surface area contributed by atoms with Crippen molar-refractivity contribution in [2.24, 2.45) is 0 Å². The standard InChI is InChI=1S/C17H22N8/c1-17(2,3)15-21-20-13-5-6-14(22-25(13)15)23-9-11-24(12-10-23)16-18-7-4-8-19-16/h4-8H,9-12H2,1-3H3. The molecule has 8 nitrogen and oxygen atoms in total. The largest absolute Gasteiger partial charge is 0.352 e. The fourth-order valence-corrected chi connectivity index (χ4v) is 3.01.